The Morgan fingerprint density at radius 1 is 1.22 bits per heavy atom. The Morgan fingerprint density at radius 2 is 2.06 bits per heavy atom. The molecule has 0 spiro atoms. The second-order valence-corrected chi connectivity index (χ2v) is 5.31. The molecule has 0 saturated carbocycles. The second-order valence-electron chi connectivity index (χ2n) is 4.25. The number of thiophene rings is 1. The maximum Gasteiger partial charge on any atom is 0.237 e. The molecule has 0 radical (unpaired) electrons. The molecular weight excluding hydrogens is 246 g/mol. The van der Waals surface area contributed by atoms with Crippen molar-refractivity contribution in [1.29, 1.82) is 0 Å². The summed E-state index contributed by atoms with van der Waals surface area (Å²) in [4.78, 5) is 16.1. The highest BCUT2D eigenvalue weighted by Gasteiger charge is 2.10. The Morgan fingerprint density at radius 3 is 2.72 bits per heavy atom. The van der Waals surface area contributed by atoms with Crippen molar-refractivity contribution in [3.05, 3.63) is 30.5 Å². The predicted octanol–water partition coefficient (Wildman–Crippen LogP) is 2.23. The highest BCUT2D eigenvalue weighted by atomic mass is 32.1. The molecule has 5 nitrogen and oxygen atoms in total. The molecule has 3 rings (SSSR count). The molecule has 0 saturated heterocycles. The van der Waals surface area contributed by atoms with Gasteiger partial charge in [0, 0.05) is 20.3 Å². The van der Waals surface area contributed by atoms with E-state index in [1.165, 1.54) is 5.00 Å². The first-order valence-electron chi connectivity index (χ1n) is 5.59. The third-order valence-electron chi connectivity index (χ3n) is 2.74. The van der Waals surface area contributed by atoms with Crippen LogP contribution in [0.15, 0.2) is 24.7 Å². The number of aromatic nitrogens is 4. The van der Waals surface area contributed by atoms with Gasteiger partial charge in [0.2, 0.25) is 5.78 Å². The SMILES string of the molecule is Cc1ncnc2nc(-c3ccc(N(C)C)s3)cn12. The van der Waals surface area contributed by atoms with Crippen molar-refractivity contribution in [3.63, 3.8) is 0 Å². The van der Waals surface area contributed by atoms with Crippen LogP contribution in [0.25, 0.3) is 16.3 Å². The van der Waals surface area contributed by atoms with Crippen LogP contribution in [0.1, 0.15) is 5.82 Å². The first-order valence-corrected chi connectivity index (χ1v) is 6.41. The smallest absolute Gasteiger partial charge is 0.237 e. The van der Waals surface area contributed by atoms with Gasteiger partial charge in [-0.1, -0.05) is 0 Å². The Hall–Kier alpha value is -1.95. The van der Waals surface area contributed by atoms with E-state index in [2.05, 4.69) is 32.0 Å². The maximum atomic E-state index is 4.52. The van der Waals surface area contributed by atoms with Gasteiger partial charge in [0.05, 0.1) is 9.88 Å². The first-order chi connectivity index (χ1) is 8.65. The Bertz CT molecular complexity index is 697. The van der Waals surface area contributed by atoms with E-state index in [1.54, 1.807) is 17.7 Å². The molecule has 18 heavy (non-hydrogen) atoms. The zero-order valence-corrected chi connectivity index (χ0v) is 11.3. The van der Waals surface area contributed by atoms with Gasteiger partial charge >= 0.3 is 0 Å². The van der Waals surface area contributed by atoms with Crippen molar-refractivity contribution in [2.75, 3.05) is 19.0 Å². The monoisotopic (exact) mass is 259 g/mol. The molecule has 0 aromatic carbocycles. The molecule has 0 unspecified atom stereocenters. The second kappa shape index (κ2) is 4.06. The van der Waals surface area contributed by atoms with E-state index >= 15 is 0 Å². The van der Waals surface area contributed by atoms with Crippen LogP contribution < -0.4 is 4.90 Å². The Labute approximate surface area is 109 Å². The summed E-state index contributed by atoms with van der Waals surface area (Å²) in [5.41, 5.74) is 0.941. The van der Waals surface area contributed by atoms with Crippen LogP contribution in [0.3, 0.4) is 0 Å². The Kier molecular flexibility index (Phi) is 2.52. The molecule has 0 amide bonds. The van der Waals surface area contributed by atoms with Crippen LogP contribution in [0.2, 0.25) is 0 Å². The predicted molar refractivity (Wildman–Crippen MR) is 73.2 cm³/mol. The summed E-state index contributed by atoms with van der Waals surface area (Å²) >= 11 is 1.72. The zero-order chi connectivity index (χ0) is 12.7. The molecule has 6 heteroatoms. The standard InChI is InChI=1S/C12H13N5S/c1-8-13-7-14-12-15-9(6-17(8)12)10-4-5-11(18-10)16(2)3/h4-7H,1-3H3. The summed E-state index contributed by atoms with van der Waals surface area (Å²) in [5, 5.41) is 1.21. The van der Waals surface area contributed by atoms with Crippen LogP contribution in [-0.2, 0) is 0 Å². The minimum atomic E-state index is 0.692. The van der Waals surface area contributed by atoms with Gasteiger partial charge < -0.3 is 4.90 Å². The molecule has 0 N–H and O–H groups in total. The van der Waals surface area contributed by atoms with E-state index < -0.39 is 0 Å². The molecule has 0 aliphatic carbocycles. The lowest BCUT2D eigenvalue weighted by Crippen LogP contribution is -2.05. The minimum absolute atomic E-state index is 0.692. The lowest BCUT2D eigenvalue weighted by Gasteiger charge is -2.06. The molecule has 0 fully saturated rings. The van der Waals surface area contributed by atoms with Gasteiger partial charge in [-0.3, -0.25) is 4.40 Å². The van der Waals surface area contributed by atoms with Crippen LogP contribution in [0, 0.1) is 6.92 Å². The van der Waals surface area contributed by atoms with Crippen LogP contribution in [-0.4, -0.2) is 33.4 Å². The molecule has 0 bridgehead atoms. The van der Waals surface area contributed by atoms with Crippen LogP contribution >= 0.6 is 11.3 Å². The maximum absolute atomic E-state index is 4.52. The average Bonchev–Trinajstić information content (AvgIpc) is 2.95. The minimum Gasteiger partial charge on any atom is -0.370 e. The number of hydrogen-bond donors (Lipinski definition) is 0. The number of fused-ring (bicyclic) bond motifs is 1. The quantitative estimate of drug-likeness (QED) is 0.708. The lowest BCUT2D eigenvalue weighted by atomic mass is 10.4. The van der Waals surface area contributed by atoms with Gasteiger partial charge in [0.1, 0.15) is 17.8 Å². The first kappa shape index (κ1) is 11.2. The average molecular weight is 259 g/mol. The number of rotatable bonds is 2. The van der Waals surface area contributed by atoms with E-state index in [9.17, 15) is 0 Å². The van der Waals surface area contributed by atoms with Crippen molar-refractivity contribution in [1.82, 2.24) is 19.4 Å². The lowest BCUT2D eigenvalue weighted by molar-refractivity contribution is 0.936. The fourth-order valence-corrected chi connectivity index (χ4v) is 2.63. The van der Waals surface area contributed by atoms with Gasteiger partial charge in [-0.05, 0) is 19.1 Å². The van der Waals surface area contributed by atoms with Gasteiger partial charge in [-0.15, -0.1) is 11.3 Å². The molecule has 3 aromatic heterocycles. The number of nitrogens with zero attached hydrogens (tertiary/aromatic N) is 5. The molecule has 0 aliphatic heterocycles. The number of hydrogen-bond acceptors (Lipinski definition) is 5. The van der Waals surface area contributed by atoms with E-state index in [0.29, 0.717) is 5.78 Å². The number of imidazole rings is 1. The summed E-state index contributed by atoms with van der Waals surface area (Å²) in [5.74, 6) is 1.58. The highest BCUT2D eigenvalue weighted by molar-refractivity contribution is 7.19. The van der Waals surface area contributed by atoms with E-state index in [4.69, 9.17) is 0 Å². The zero-order valence-electron chi connectivity index (χ0n) is 10.5. The van der Waals surface area contributed by atoms with Crippen molar-refractivity contribution in [2.24, 2.45) is 0 Å². The molecule has 92 valence electrons. The molecule has 0 atom stereocenters. The van der Waals surface area contributed by atoms with Crippen molar-refractivity contribution in [3.8, 4) is 10.6 Å². The number of aryl methyl sites for hydroxylation is 1. The molecular formula is C12H13N5S. The van der Waals surface area contributed by atoms with Gasteiger partial charge in [0.25, 0.3) is 0 Å². The van der Waals surface area contributed by atoms with Gasteiger partial charge in [0.15, 0.2) is 0 Å². The fraction of sp³-hybridized carbons (Fsp3) is 0.250. The third kappa shape index (κ3) is 1.74. The van der Waals surface area contributed by atoms with Crippen LogP contribution in [0.4, 0.5) is 5.00 Å². The highest BCUT2D eigenvalue weighted by Crippen LogP contribution is 2.32. The largest absolute Gasteiger partial charge is 0.370 e. The Balaban J connectivity index is 2.10. The summed E-state index contributed by atoms with van der Waals surface area (Å²) in [6, 6.07) is 4.19. The number of anilines is 1. The third-order valence-corrected chi connectivity index (χ3v) is 4.01. The van der Waals surface area contributed by atoms with Gasteiger partial charge in [-0.25, -0.2) is 15.0 Å². The summed E-state index contributed by atoms with van der Waals surface area (Å²) in [7, 11) is 4.07. The normalized spacial score (nSPS) is 11.1. The fourth-order valence-electron chi connectivity index (χ4n) is 1.75. The molecule has 3 aromatic rings. The summed E-state index contributed by atoms with van der Waals surface area (Å²) in [6.07, 6.45) is 3.52. The van der Waals surface area contributed by atoms with E-state index in [-0.39, 0.29) is 0 Å². The van der Waals surface area contributed by atoms with E-state index in [0.717, 1.165) is 16.4 Å². The van der Waals surface area contributed by atoms with Crippen molar-refractivity contribution in [2.45, 2.75) is 6.92 Å². The van der Waals surface area contributed by atoms with E-state index in [1.807, 2.05) is 31.6 Å². The summed E-state index contributed by atoms with van der Waals surface area (Å²) < 4.78 is 1.91. The summed E-state index contributed by atoms with van der Waals surface area (Å²) in [6.45, 7) is 1.94. The molecule has 0 aliphatic rings. The molecule has 3 heterocycles. The van der Waals surface area contributed by atoms with Crippen molar-refractivity contribution >= 4 is 22.1 Å². The van der Waals surface area contributed by atoms with Gasteiger partial charge in [-0.2, -0.15) is 0 Å². The van der Waals surface area contributed by atoms with Crippen LogP contribution in [0.5, 0.6) is 0 Å². The topological polar surface area (TPSA) is 46.3 Å². The van der Waals surface area contributed by atoms with Crippen molar-refractivity contribution < 1.29 is 0 Å².